The van der Waals surface area contributed by atoms with Gasteiger partial charge >= 0.3 is 0 Å². The van der Waals surface area contributed by atoms with Gasteiger partial charge in [0.25, 0.3) is 5.91 Å². The average Bonchev–Trinajstić information content (AvgIpc) is 2.30. The lowest BCUT2D eigenvalue weighted by atomic mass is 10.1. The van der Waals surface area contributed by atoms with Crippen LogP contribution in [0.3, 0.4) is 0 Å². The molecule has 0 aromatic heterocycles. The first-order valence-corrected chi connectivity index (χ1v) is 5.46. The molecular formula is C12H16ClFN2O. The molecule has 5 heteroatoms. The van der Waals surface area contributed by atoms with Crippen molar-refractivity contribution in [2.45, 2.75) is 13.0 Å². The van der Waals surface area contributed by atoms with E-state index in [1.165, 1.54) is 24.3 Å². The van der Waals surface area contributed by atoms with Crippen LogP contribution in [0.5, 0.6) is 0 Å². The van der Waals surface area contributed by atoms with Crippen molar-refractivity contribution >= 4 is 18.3 Å². The van der Waals surface area contributed by atoms with Crippen molar-refractivity contribution < 1.29 is 9.18 Å². The molecule has 1 heterocycles. The Balaban J connectivity index is 0.00000144. The summed E-state index contributed by atoms with van der Waals surface area (Å²) in [4.78, 5) is 13.9. The van der Waals surface area contributed by atoms with Crippen LogP contribution in [0.4, 0.5) is 4.39 Å². The van der Waals surface area contributed by atoms with Crippen LogP contribution >= 0.6 is 12.4 Å². The number of piperazine rings is 1. The Morgan fingerprint density at radius 3 is 2.65 bits per heavy atom. The topological polar surface area (TPSA) is 32.3 Å². The lowest BCUT2D eigenvalue weighted by Crippen LogP contribution is -2.52. The summed E-state index contributed by atoms with van der Waals surface area (Å²) < 4.78 is 12.7. The second kappa shape index (κ2) is 5.98. The van der Waals surface area contributed by atoms with E-state index in [4.69, 9.17) is 0 Å². The largest absolute Gasteiger partial charge is 0.333 e. The molecular weight excluding hydrogens is 243 g/mol. The van der Waals surface area contributed by atoms with Gasteiger partial charge in [0.2, 0.25) is 0 Å². The molecule has 1 fully saturated rings. The fraction of sp³-hybridized carbons (Fsp3) is 0.417. The fourth-order valence-corrected chi connectivity index (χ4v) is 1.90. The van der Waals surface area contributed by atoms with E-state index in [1.54, 1.807) is 0 Å². The molecule has 1 saturated heterocycles. The molecule has 3 nitrogen and oxygen atoms in total. The molecule has 0 saturated carbocycles. The smallest absolute Gasteiger partial charge is 0.254 e. The summed E-state index contributed by atoms with van der Waals surface area (Å²) in [6.45, 7) is 4.34. The van der Waals surface area contributed by atoms with Crippen molar-refractivity contribution in [1.29, 1.82) is 0 Å². The molecule has 1 aliphatic heterocycles. The summed E-state index contributed by atoms with van der Waals surface area (Å²) in [5.41, 5.74) is 0.551. The van der Waals surface area contributed by atoms with Crippen molar-refractivity contribution in [3.05, 3.63) is 35.6 Å². The Labute approximate surface area is 106 Å². The van der Waals surface area contributed by atoms with E-state index in [-0.39, 0.29) is 30.2 Å². The zero-order valence-electron chi connectivity index (χ0n) is 9.65. The van der Waals surface area contributed by atoms with Gasteiger partial charge in [0.1, 0.15) is 5.82 Å². The SMILES string of the molecule is C[C@@H]1CNCCN1C(=O)c1ccc(F)cc1.Cl. The van der Waals surface area contributed by atoms with E-state index < -0.39 is 0 Å². The predicted octanol–water partition coefficient (Wildman–Crippen LogP) is 1.68. The minimum absolute atomic E-state index is 0. The number of halogens is 2. The lowest BCUT2D eigenvalue weighted by molar-refractivity contribution is 0.0655. The Morgan fingerprint density at radius 1 is 1.41 bits per heavy atom. The van der Waals surface area contributed by atoms with Crippen molar-refractivity contribution in [3.8, 4) is 0 Å². The molecule has 1 atom stereocenters. The van der Waals surface area contributed by atoms with Crippen molar-refractivity contribution in [2.24, 2.45) is 0 Å². The Bertz CT molecular complexity index is 383. The van der Waals surface area contributed by atoms with E-state index >= 15 is 0 Å². The number of carbonyl (C=O) groups is 1. The third-order valence-corrected chi connectivity index (χ3v) is 2.85. The molecule has 1 aliphatic rings. The molecule has 0 aliphatic carbocycles. The van der Waals surface area contributed by atoms with Crippen LogP contribution in [0, 0.1) is 5.82 Å². The third-order valence-electron chi connectivity index (χ3n) is 2.85. The van der Waals surface area contributed by atoms with Gasteiger partial charge < -0.3 is 10.2 Å². The Hall–Kier alpha value is -1.13. The molecule has 0 unspecified atom stereocenters. The molecule has 0 spiro atoms. The number of rotatable bonds is 1. The van der Waals surface area contributed by atoms with Crippen LogP contribution in [0.15, 0.2) is 24.3 Å². The first kappa shape index (κ1) is 13.9. The molecule has 1 aromatic rings. The van der Waals surface area contributed by atoms with Gasteiger partial charge in [0.05, 0.1) is 0 Å². The Morgan fingerprint density at radius 2 is 2.06 bits per heavy atom. The van der Waals surface area contributed by atoms with Crippen LogP contribution in [0.1, 0.15) is 17.3 Å². The van der Waals surface area contributed by atoms with Crippen LogP contribution < -0.4 is 5.32 Å². The van der Waals surface area contributed by atoms with Crippen molar-refractivity contribution in [2.75, 3.05) is 19.6 Å². The van der Waals surface area contributed by atoms with Gasteiger partial charge in [-0.3, -0.25) is 4.79 Å². The highest BCUT2D eigenvalue weighted by Crippen LogP contribution is 2.11. The predicted molar refractivity (Wildman–Crippen MR) is 67.0 cm³/mol. The van der Waals surface area contributed by atoms with E-state index in [9.17, 15) is 9.18 Å². The van der Waals surface area contributed by atoms with Gasteiger partial charge in [-0.05, 0) is 31.2 Å². The van der Waals surface area contributed by atoms with Gasteiger partial charge in [0, 0.05) is 31.2 Å². The van der Waals surface area contributed by atoms with E-state index in [1.807, 2.05) is 11.8 Å². The normalized spacial score (nSPS) is 19.6. The summed E-state index contributed by atoms with van der Waals surface area (Å²) in [6.07, 6.45) is 0. The summed E-state index contributed by atoms with van der Waals surface area (Å²) in [5.74, 6) is -0.334. The van der Waals surface area contributed by atoms with E-state index in [0.29, 0.717) is 12.1 Å². The van der Waals surface area contributed by atoms with Gasteiger partial charge in [-0.25, -0.2) is 4.39 Å². The van der Waals surface area contributed by atoms with Crippen molar-refractivity contribution in [3.63, 3.8) is 0 Å². The Kier molecular flexibility index (Phi) is 4.90. The first-order chi connectivity index (χ1) is 7.68. The maximum Gasteiger partial charge on any atom is 0.254 e. The molecule has 1 aromatic carbocycles. The maximum absolute atomic E-state index is 12.7. The summed E-state index contributed by atoms with van der Waals surface area (Å²) in [7, 11) is 0. The summed E-state index contributed by atoms with van der Waals surface area (Å²) in [6, 6.07) is 5.89. The van der Waals surface area contributed by atoms with Crippen LogP contribution in [0.2, 0.25) is 0 Å². The first-order valence-electron chi connectivity index (χ1n) is 5.46. The number of carbonyl (C=O) groups excluding carboxylic acids is 1. The number of hydrogen-bond acceptors (Lipinski definition) is 2. The highest BCUT2D eigenvalue weighted by Gasteiger charge is 2.23. The van der Waals surface area contributed by atoms with Gasteiger partial charge in [-0.2, -0.15) is 0 Å². The maximum atomic E-state index is 12.7. The number of nitrogens with zero attached hydrogens (tertiary/aromatic N) is 1. The third kappa shape index (κ3) is 3.17. The van der Waals surface area contributed by atoms with E-state index in [0.717, 1.165) is 13.1 Å². The number of hydrogen-bond donors (Lipinski definition) is 1. The quantitative estimate of drug-likeness (QED) is 0.831. The molecule has 2 rings (SSSR count). The molecule has 1 amide bonds. The molecule has 0 radical (unpaired) electrons. The van der Waals surface area contributed by atoms with Gasteiger partial charge in [-0.15, -0.1) is 12.4 Å². The van der Waals surface area contributed by atoms with Crippen LogP contribution in [-0.2, 0) is 0 Å². The average molecular weight is 259 g/mol. The standard InChI is InChI=1S/C12H15FN2O.ClH/c1-9-8-14-6-7-15(9)12(16)10-2-4-11(13)5-3-10;/h2-5,9,14H,6-8H2,1H3;1H/t9-;/m1./s1. The fourth-order valence-electron chi connectivity index (χ4n) is 1.90. The summed E-state index contributed by atoms with van der Waals surface area (Å²) in [5, 5.41) is 3.23. The minimum atomic E-state index is -0.315. The van der Waals surface area contributed by atoms with Crippen LogP contribution in [0.25, 0.3) is 0 Å². The minimum Gasteiger partial charge on any atom is -0.333 e. The molecule has 94 valence electrons. The monoisotopic (exact) mass is 258 g/mol. The zero-order chi connectivity index (χ0) is 11.5. The van der Waals surface area contributed by atoms with Gasteiger partial charge in [0.15, 0.2) is 0 Å². The van der Waals surface area contributed by atoms with Gasteiger partial charge in [-0.1, -0.05) is 0 Å². The zero-order valence-corrected chi connectivity index (χ0v) is 10.5. The second-order valence-corrected chi connectivity index (χ2v) is 4.06. The molecule has 1 N–H and O–H groups in total. The highest BCUT2D eigenvalue weighted by atomic mass is 35.5. The number of amides is 1. The summed E-state index contributed by atoms with van der Waals surface area (Å²) >= 11 is 0. The highest BCUT2D eigenvalue weighted by molar-refractivity contribution is 5.94. The second-order valence-electron chi connectivity index (χ2n) is 4.06. The van der Waals surface area contributed by atoms with Crippen molar-refractivity contribution in [1.82, 2.24) is 10.2 Å². The van der Waals surface area contributed by atoms with Crippen LogP contribution in [-0.4, -0.2) is 36.5 Å². The molecule has 0 bridgehead atoms. The number of nitrogens with one attached hydrogen (secondary N) is 1. The van der Waals surface area contributed by atoms with E-state index in [2.05, 4.69) is 5.32 Å². The molecule has 17 heavy (non-hydrogen) atoms. The number of benzene rings is 1. The lowest BCUT2D eigenvalue weighted by Gasteiger charge is -2.34.